The summed E-state index contributed by atoms with van der Waals surface area (Å²) >= 11 is -3.47. The summed E-state index contributed by atoms with van der Waals surface area (Å²) < 4.78 is 23.2. The summed E-state index contributed by atoms with van der Waals surface area (Å²) in [7, 11) is 0. The van der Waals surface area contributed by atoms with Gasteiger partial charge in [0.15, 0.2) is 0 Å². The monoisotopic (exact) mass is 486 g/mol. The number of hydrogen-bond donors (Lipinski definition) is 0. The summed E-state index contributed by atoms with van der Waals surface area (Å²) in [5.74, 6) is 0.892. The van der Waals surface area contributed by atoms with Crippen LogP contribution in [0, 0.1) is 0 Å². The predicted octanol–water partition coefficient (Wildman–Crippen LogP) is 7.12. The fourth-order valence-corrected chi connectivity index (χ4v) is 4.06. The van der Waals surface area contributed by atoms with Crippen LogP contribution >= 0.6 is 0 Å². The Kier molecular flexibility index (Phi) is 7.24. The summed E-state index contributed by atoms with van der Waals surface area (Å²) in [4.78, 5) is 0. The van der Waals surface area contributed by atoms with Crippen molar-refractivity contribution in [2.24, 2.45) is 20.5 Å². The fraction of sp³-hybridized carbons (Fsp3) is 0. The van der Waals surface area contributed by atoms with Gasteiger partial charge >= 0.3 is 190 Å². The Labute approximate surface area is 190 Å². The molecule has 0 saturated heterocycles. The van der Waals surface area contributed by atoms with Crippen molar-refractivity contribution in [3.63, 3.8) is 0 Å². The molecule has 4 aromatic rings. The topological polar surface area (TPSA) is 85.0 Å². The van der Waals surface area contributed by atoms with Gasteiger partial charge in [-0.15, -0.1) is 0 Å². The van der Waals surface area contributed by atoms with Crippen molar-refractivity contribution in [3.8, 4) is 11.5 Å². The van der Waals surface area contributed by atoms with Crippen LogP contribution in [0.15, 0.2) is 130 Å². The van der Waals surface area contributed by atoms with Crippen molar-refractivity contribution in [1.29, 1.82) is 0 Å². The van der Waals surface area contributed by atoms with Gasteiger partial charge in [-0.25, -0.2) is 0 Å². The molecule has 8 heteroatoms. The van der Waals surface area contributed by atoms with Gasteiger partial charge < -0.3 is 0 Å². The van der Waals surface area contributed by atoms with Crippen molar-refractivity contribution in [3.05, 3.63) is 109 Å². The third-order valence-corrected chi connectivity index (χ3v) is 5.84. The summed E-state index contributed by atoms with van der Waals surface area (Å²) in [6.07, 6.45) is 0. The van der Waals surface area contributed by atoms with Crippen LogP contribution in [0.2, 0.25) is 0 Å². The molecule has 158 valence electrons. The standard InChI is InChI=1S/C24H19AsN4O3/c30-25(31-23-15-11-21(12-16-23)28-26-19-7-3-1-4-8-19)32-24-17-13-22(14-18-24)29-27-20-9-5-2-6-10-20/h1-18,25H/b28-26+,29-27+. The first-order valence-corrected chi connectivity index (χ1v) is 12.3. The molecular weight excluding hydrogens is 467 g/mol. The molecule has 0 N–H and O–H groups in total. The third-order valence-electron chi connectivity index (χ3n) is 4.15. The van der Waals surface area contributed by atoms with Gasteiger partial charge in [0.25, 0.3) is 0 Å². The van der Waals surface area contributed by atoms with E-state index in [1.807, 2.05) is 60.7 Å². The molecular formula is C24H19AsN4O3. The Morgan fingerprint density at radius 1 is 0.438 bits per heavy atom. The first-order chi connectivity index (χ1) is 15.7. The molecule has 0 aliphatic carbocycles. The Balaban J connectivity index is 1.29. The molecule has 0 radical (unpaired) electrons. The van der Waals surface area contributed by atoms with Crippen LogP contribution in [-0.2, 0) is 3.74 Å². The molecule has 0 heterocycles. The zero-order valence-electron chi connectivity index (χ0n) is 16.9. The van der Waals surface area contributed by atoms with E-state index in [4.69, 9.17) is 7.45 Å². The van der Waals surface area contributed by atoms with Gasteiger partial charge in [-0.3, -0.25) is 0 Å². The number of rotatable bonds is 8. The molecule has 0 aliphatic rings. The fourth-order valence-electron chi connectivity index (χ4n) is 2.60. The second-order valence-corrected chi connectivity index (χ2v) is 8.42. The summed E-state index contributed by atoms with van der Waals surface area (Å²) in [6, 6.07) is 32.6. The van der Waals surface area contributed by atoms with Gasteiger partial charge in [-0.1, -0.05) is 0 Å². The average molecular weight is 486 g/mol. The number of azo groups is 2. The van der Waals surface area contributed by atoms with Gasteiger partial charge in [-0.05, 0) is 0 Å². The molecule has 4 aromatic carbocycles. The minimum atomic E-state index is -3.47. The molecule has 0 atom stereocenters. The third kappa shape index (κ3) is 6.52. The van der Waals surface area contributed by atoms with E-state index >= 15 is 0 Å². The predicted molar refractivity (Wildman–Crippen MR) is 123 cm³/mol. The minimum absolute atomic E-state index is 0.446. The second kappa shape index (κ2) is 10.9. The van der Waals surface area contributed by atoms with E-state index in [0.717, 1.165) is 11.4 Å². The first kappa shape index (κ1) is 21.3. The Morgan fingerprint density at radius 2 is 0.750 bits per heavy atom. The second-order valence-electron chi connectivity index (χ2n) is 6.51. The summed E-state index contributed by atoms with van der Waals surface area (Å²) in [5.41, 5.74) is 2.86. The molecule has 4 rings (SSSR count). The molecule has 0 aromatic heterocycles. The maximum absolute atomic E-state index is 12.3. The van der Waals surface area contributed by atoms with E-state index in [9.17, 15) is 3.74 Å². The Hall–Kier alpha value is -3.96. The molecule has 0 saturated carbocycles. The number of hydrogen-bond acceptors (Lipinski definition) is 7. The summed E-state index contributed by atoms with van der Waals surface area (Å²) in [5, 5.41) is 16.6. The van der Waals surface area contributed by atoms with E-state index < -0.39 is 15.3 Å². The zero-order chi connectivity index (χ0) is 22.0. The van der Waals surface area contributed by atoms with Gasteiger partial charge in [0, 0.05) is 0 Å². The Bertz CT molecular complexity index is 1120. The number of nitrogens with zero attached hydrogens (tertiary/aromatic N) is 4. The summed E-state index contributed by atoms with van der Waals surface area (Å²) in [6.45, 7) is 0. The molecule has 0 amide bonds. The van der Waals surface area contributed by atoms with Crippen molar-refractivity contribution < 1.29 is 11.2 Å². The number of benzene rings is 4. The first-order valence-electron chi connectivity index (χ1n) is 9.78. The van der Waals surface area contributed by atoms with Crippen LogP contribution < -0.4 is 7.45 Å². The molecule has 0 spiro atoms. The van der Waals surface area contributed by atoms with E-state index in [0.29, 0.717) is 22.9 Å². The normalized spacial score (nSPS) is 11.3. The van der Waals surface area contributed by atoms with Crippen molar-refractivity contribution in [2.75, 3.05) is 0 Å². The Morgan fingerprint density at radius 3 is 1.09 bits per heavy atom. The van der Waals surface area contributed by atoms with E-state index in [1.165, 1.54) is 0 Å². The molecule has 0 unspecified atom stereocenters. The SMILES string of the molecule is O=[AsH](Oc1ccc(/N=N/c2ccccc2)cc1)Oc1ccc(/N=N/c2ccccc2)cc1. The van der Waals surface area contributed by atoms with Gasteiger partial charge in [0.1, 0.15) is 0 Å². The zero-order valence-corrected chi connectivity index (χ0v) is 19.0. The van der Waals surface area contributed by atoms with Gasteiger partial charge in [0.05, 0.1) is 0 Å². The van der Waals surface area contributed by atoms with Crippen LogP contribution in [0.4, 0.5) is 22.7 Å². The van der Waals surface area contributed by atoms with Crippen LogP contribution in [0.5, 0.6) is 11.5 Å². The molecule has 7 nitrogen and oxygen atoms in total. The van der Waals surface area contributed by atoms with E-state index in [-0.39, 0.29) is 0 Å². The van der Waals surface area contributed by atoms with Gasteiger partial charge in [-0.2, -0.15) is 0 Å². The van der Waals surface area contributed by atoms with Crippen LogP contribution in [-0.4, -0.2) is 15.3 Å². The van der Waals surface area contributed by atoms with E-state index in [1.54, 1.807) is 48.5 Å². The average Bonchev–Trinajstić information content (AvgIpc) is 2.84. The molecule has 0 fully saturated rings. The van der Waals surface area contributed by atoms with Crippen LogP contribution in [0.25, 0.3) is 0 Å². The molecule has 0 bridgehead atoms. The van der Waals surface area contributed by atoms with Crippen molar-refractivity contribution in [1.82, 2.24) is 0 Å². The quantitative estimate of drug-likeness (QED) is 0.196. The van der Waals surface area contributed by atoms with Crippen molar-refractivity contribution >= 4 is 38.0 Å². The van der Waals surface area contributed by atoms with Crippen LogP contribution in [0.3, 0.4) is 0 Å². The molecule has 0 aliphatic heterocycles. The van der Waals surface area contributed by atoms with E-state index in [2.05, 4.69) is 20.5 Å². The maximum atomic E-state index is 12.3. The van der Waals surface area contributed by atoms with Crippen LogP contribution in [0.1, 0.15) is 0 Å². The van der Waals surface area contributed by atoms with Crippen molar-refractivity contribution in [2.45, 2.75) is 0 Å². The van der Waals surface area contributed by atoms with Gasteiger partial charge in [0.2, 0.25) is 0 Å². The molecule has 32 heavy (non-hydrogen) atoms.